The first kappa shape index (κ1) is 23.7. The zero-order valence-electron chi connectivity index (χ0n) is 19.6. The van der Waals surface area contributed by atoms with Crippen LogP contribution in [-0.4, -0.2) is 35.0 Å². The molecule has 0 saturated carbocycles. The van der Waals surface area contributed by atoms with Gasteiger partial charge in [-0.25, -0.2) is 9.29 Å². The molecule has 2 N–H and O–H groups in total. The van der Waals surface area contributed by atoms with Gasteiger partial charge in [0.25, 0.3) is 0 Å². The van der Waals surface area contributed by atoms with Crippen LogP contribution in [0.4, 0.5) is 10.1 Å². The Bertz CT molecular complexity index is 1310. The zero-order valence-corrected chi connectivity index (χ0v) is 19.6. The van der Waals surface area contributed by atoms with Crippen LogP contribution in [0.5, 0.6) is 5.75 Å². The highest BCUT2D eigenvalue weighted by Crippen LogP contribution is 2.51. The molecule has 2 aliphatic heterocycles. The van der Waals surface area contributed by atoms with Crippen LogP contribution in [0.3, 0.4) is 0 Å². The summed E-state index contributed by atoms with van der Waals surface area (Å²) in [5.41, 5.74) is -0.668. The number of aliphatic carboxylic acids is 1. The van der Waals surface area contributed by atoms with Crippen LogP contribution >= 0.6 is 0 Å². The third-order valence-electron chi connectivity index (χ3n) is 7.01. The number of fused-ring (bicyclic) bond motifs is 1. The molecule has 0 aromatic heterocycles. The molecule has 2 heterocycles. The minimum Gasteiger partial charge on any atom is -0.494 e. The van der Waals surface area contributed by atoms with Gasteiger partial charge in [0.05, 0.1) is 24.1 Å². The molecule has 5 rings (SSSR count). The van der Waals surface area contributed by atoms with Crippen molar-refractivity contribution < 1.29 is 28.6 Å². The topological polar surface area (TPSA) is 95.9 Å². The molecule has 3 aromatic carbocycles. The van der Waals surface area contributed by atoms with E-state index in [9.17, 15) is 23.9 Å². The molecule has 184 valence electrons. The van der Waals surface area contributed by atoms with Crippen LogP contribution in [0.1, 0.15) is 24.1 Å². The summed E-state index contributed by atoms with van der Waals surface area (Å²) < 4.78 is 20.4. The number of amides is 2. The molecule has 7 nitrogen and oxygen atoms in total. The number of carbonyl (C=O) groups is 3. The standard InChI is InChI=1S/C28H25FN2O5/c1-2-36-19-14-12-18(13-15-19)31-25(32)22-23(26(31)33)28(27(34)35,16-17-8-4-3-5-9-17)30-24(22)20-10-6-7-11-21(20)29/h3-15,22-24,30H,2,16H2,1H3,(H,34,35)/t22-,23-,24-,28+/m0/s1. The van der Waals surface area contributed by atoms with Crippen molar-refractivity contribution in [3.8, 4) is 5.75 Å². The second-order valence-corrected chi connectivity index (χ2v) is 9.02. The molecule has 0 bridgehead atoms. The van der Waals surface area contributed by atoms with Gasteiger partial charge in [-0.1, -0.05) is 48.5 Å². The summed E-state index contributed by atoms with van der Waals surface area (Å²) in [6, 6.07) is 20.3. The van der Waals surface area contributed by atoms with E-state index < -0.39 is 47.0 Å². The fourth-order valence-electron chi connectivity index (χ4n) is 5.46. The van der Waals surface area contributed by atoms with E-state index in [-0.39, 0.29) is 12.0 Å². The maximum absolute atomic E-state index is 14.9. The predicted molar refractivity (Wildman–Crippen MR) is 130 cm³/mol. The van der Waals surface area contributed by atoms with Crippen molar-refractivity contribution in [2.24, 2.45) is 11.8 Å². The van der Waals surface area contributed by atoms with E-state index in [2.05, 4.69) is 5.32 Å². The largest absolute Gasteiger partial charge is 0.494 e. The predicted octanol–water partition coefficient (Wildman–Crippen LogP) is 3.74. The van der Waals surface area contributed by atoms with Crippen molar-refractivity contribution in [1.29, 1.82) is 0 Å². The highest BCUT2D eigenvalue weighted by molar-refractivity contribution is 6.24. The number of carbonyl (C=O) groups excluding carboxylic acids is 2. The average molecular weight is 489 g/mol. The molecular formula is C28H25FN2O5. The Balaban J connectivity index is 1.63. The van der Waals surface area contributed by atoms with Crippen molar-refractivity contribution in [3.63, 3.8) is 0 Å². The lowest BCUT2D eigenvalue weighted by Gasteiger charge is -2.31. The lowest BCUT2D eigenvalue weighted by molar-refractivity contribution is -0.148. The molecule has 2 saturated heterocycles. The number of benzene rings is 3. The molecule has 2 aliphatic rings. The highest BCUT2D eigenvalue weighted by atomic mass is 19.1. The fraction of sp³-hybridized carbons (Fsp3) is 0.250. The van der Waals surface area contributed by atoms with Gasteiger partial charge in [0, 0.05) is 18.0 Å². The number of carboxylic acid groups (broad SMARTS) is 1. The molecule has 36 heavy (non-hydrogen) atoms. The Morgan fingerprint density at radius 2 is 1.67 bits per heavy atom. The summed E-state index contributed by atoms with van der Waals surface area (Å²) in [6.07, 6.45) is -0.0502. The Labute approximate surface area is 207 Å². The van der Waals surface area contributed by atoms with Crippen LogP contribution in [0.2, 0.25) is 0 Å². The normalized spacial score (nSPS) is 25.2. The maximum atomic E-state index is 14.9. The van der Waals surface area contributed by atoms with E-state index >= 15 is 0 Å². The van der Waals surface area contributed by atoms with Crippen molar-refractivity contribution in [1.82, 2.24) is 5.32 Å². The number of halogens is 1. The first-order chi connectivity index (χ1) is 17.4. The van der Waals surface area contributed by atoms with E-state index in [0.29, 0.717) is 23.6 Å². The van der Waals surface area contributed by atoms with Crippen LogP contribution in [0, 0.1) is 17.7 Å². The summed E-state index contributed by atoms with van der Waals surface area (Å²) in [6.45, 7) is 2.30. The smallest absolute Gasteiger partial charge is 0.325 e. The molecule has 2 amide bonds. The Kier molecular flexibility index (Phi) is 6.05. The number of ether oxygens (including phenoxy) is 1. The fourth-order valence-corrected chi connectivity index (χ4v) is 5.46. The molecule has 3 aromatic rings. The van der Waals surface area contributed by atoms with E-state index in [1.165, 1.54) is 18.2 Å². The van der Waals surface area contributed by atoms with Crippen molar-refractivity contribution in [2.75, 3.05) is 11.5 Å². The summed E-state index contributed by atoms with van der Waals surface area (Å²) >= 11 is 0. The summed E-state index contributed by atoms with van der Waals surface area (Å²) in [5.74, 6) is -4.79. The number of anilines is 1. The zero-order chi connectivity index (χ0) is 25.4. The number of hydrogen-bond acceptors (Lipinski definition) is 5. The number of nitrogens with one attached hydrogen (secondary N) is 1. The van der Waals surface area contributed by atoms with E-state index in [1.54, 1.807) is 54.6 Å². The molecular weight excluding hydrogens is 463 g/mol. The third-order valence-corrected chi connectivity index (χ3v) is 7.01. The molecule has 0 aliphatic carbocycles. The lowest BCUT2D eigenvalue weighted by Crippen LogP contribution is -2.57. The van der Waals surface area contributed by atoms with Gasteiger partial charge in [0.15, 0.2) is 0 Å². The van der Waals surface area contributed by atoms with Crippen molar-refractivity contribution in [2.45, 2.75) is 24.9 Å². The molecule has 0 spiro atoms. The third kappa shape index (κ3) is 3.74. The minimum atomic E-state index is -1.81. The summed E-state index contributed by atoms with van der Waals surface area (Å²) in [7, 11) is 0. The quantitative estimate of drug-likeness (QED) is 0.492. The van der Waals surface area contributed by atoms with E-state index in [1.807, 2.05) is 13.0 Å². The summed E-state index contributed by atoms with van der Waals surface area (Å²) in [4.78, 5) is 41.6. The van der Waals surface area contributed by atoms with Gasteiger partial charge in [0.1, 0.15) is 17.1 Å². The number of nitrogens with zero attached hydrogens (tertiary/aromatic N) is 1. The van der Waals surface area contributed by atoms with Gasteiger partial charge < -0.3 is 9.84 Å². The number of hydrogen-bond donors (Lipinski definition) is 2. The van der Waals surface area contributed by atoms with Crippen molar-refractivity contribution in [3.05, 3.63) is 95.8 Å². The maximum Gasteiger partial charge on any atom is 0.325 e. The Hall–Kier alpha value is -4.04. The number of rotatable bonds is 7. The Morgan fingerprint density at radius 3 is 2.31 bits per heavy atom. The van der Waals surface area contributed by atoms with Gasteiger partial charge >= 0.3 is 5.97 Å². The van der Waals surface area contributed by atoms with E-state index in [4.69, 9.17) is 4.74 Å². The lowest BCUT2D eigenvalue weighted by atomic mass is 9.76. The number of carboxylic acids is 1. The second kappa shape index (κ2) is 9.20. The molecule has 8 heteroatoms. The van der Waals surface area contributed by atoms with Crippen LogP contribution in [0.25, 0.3) is 0 Å². The monoisotopic (exact) mass is 488 g/mol. The minimum absolute atomic E-state index is 0.0502. The van der Waals surface area contributed by atoms with Gasteiger partial charge in [-0.05, 0) is 42.8 Å². The van der Waals surface area contributed by atoms with Gasteiger partial charge in [-0.2, -0.15) is 0 Å². The highest BCUT2D eigenvalue weighted by Gasteiger charge is 2.68. The van der Waals surface area contributed by atoms with Crippen molar-refractivity contribution >= 4 is 23.5 Å². The molecule has 0 unspecified atom stereocenters. The van der Waals surface area contributed by atoms with Gasteiger partial charge in [0.2, 0.25) is 11.8 Å². The van der Waals surface area contributed by atoms with Gasteiger partial charge in [-0.15, -0.1) is 0 Å². The van der Waals surface area contributed by atoms with Crippen LogP contribution < -0.4 is 15.0 Å². The van der Waals surface area contributed by atoms with Crippen LogP contribution in [-0.2, 0) is 20.8 Å². The second-order valence-electron chi connectivity index (χ2n) is 9.02. The average Bonchev–Trinajstić information content (AvgIpc) is 3.35. The van der Waals surface area contributed by atoms with E-state index in [0.717, 1.165) is 4.90 Å². The molecule has 2 fully saturated rings. The molecule has 0 radical (unpaired) electrons. The first-order valence-corrected chi connectivity index (χ1v) is 11.8. The van der Waals surface area contributed by atoms with Crippen LogP contribution in [0.15, 0.2) is 78.9 Å². The molecule has 4 atom stereocenters. The number of imide groups is 1. The SMILES string of the molecule is CCOc1ccc(N2C(=O)[C@H]3[C@@H](C2=O)[C@](Cc2ccccc2)(C(=O)O)N[C@H]3c2ccccc2F)cc1. The Morgan fingerprint density at radius 1 is 1.00 bits per heavy atom. The van der Waals surface area contributed by atoms with Gasteiger partial charge in [-0.3, -0.25) is 19.7 Å². The summed E-state index contributed by atoms with van der Waals surface area (Å²) in [5, 5.41) is 13.6. The first-order valence-electron chi connectivity index (χ1n) is 11.8.